The van der Waals surface area contributed by atoms with E-state index in [4.69, 9.17) is 4.74 Å². The van der Waals surface area contributed by atoms with Crippen molar-refractivity contribution in [3.05, 3.63) is 60.3 Å². The van der Waals surface area contributed by atoms with E-state index in [-0.39, 0.29) is 11.3 Å². The van der Waals surface area contributed by atoms with Crippen LogP contribution in [0.4, 0.5) is 18.9 Å². The summed E-state index contributed by atoms with van der Waals surface area (Å²) < 4.78 is 44.2. The number of carbonyl (C=O) groups excluding carboxylic acids is 1. The standard InChI is InChI=1S/C16H13F3N2O2/c1-23-15-8-7-12(10-20-15)21-14(22)9-13(16(17,18)19)11-5-3-2-4-6-11/h2-10H,1H3,(H,21,22)/b13-9-. The summed E-state index contributed by atoms with van der Waals surface area (Å²) in [5.41, 5.74) is -0.832. The first kappa shape index (κ1) is 16.5. The maximum absolute atomic E-state index is 13.1. The highest BCUT2D eigenvalue weighted by molar-refractivity contribution is 6.04. The quantitative estimate of drug-likeness (QED) is 0.874. The molecule has 1 amide bonds. The number of allylic oxidation sites excluding steroid dienone is 1. The van der Waals surface area contributed by atoms with Crippen molar-refractivity contribution in [2.24, 2.45) is 0 Å². The second-order valence-electron chi connectivity index (χ2n) is 4.50. The number of amides is 1. The molecule has 120 valence electrons. The molecule has 2 rings (SSSR count). The van der Waals surface area contributed by atoms with E-state index in [9.17, 15) is 18.0 Å². The number of methoxy groups -OCH3 is 1. The second-order valence-corrected chi connectivity index (χ2v) is 4.50. The van der Waals surface area contributed by atoms with Crippen LogP contribution in [0.3, 0.4) is 0 Å². The Hall–Kier alpha value is -2.83. The molecule has 23 heavy (non-hydrogen) atoms. The lowest BCUT2D eigenvalue weighted by Gasteiger charge is -2.12. The first-order chi connectivity index (χ1) is 10.9. The summed E-state index contributed by atoms with van der Waals surface area (Å²) in [6.45, 7) is 0. The van der Waals surface area contributed by atoms with Gasteiger partial charge >= 0.3 is 6.18 Å². The fourth-order valence-corrected chi connectivity index (χ4v) is 1.83. The van der Waals surface area contributed by atoms with Gasteiger partial charge < -0.3 is 10.1 Å². The number of anilines is 1. The number of nitrogens with zero attached hydrogens (tertiary/aromatic N) is 1. The van der Waals surface area contributed by atoms with E-state index in [2.05, 4.69) is 10.3 Å². The van der Waals surface area contributed by atoms with Crippen LogP contribution in [-0.2, 0) is 4.79 Å². The summed E-state index contributed by atoms with van der Waals surface area (Å²) in [6, 6.07) is 10.1. The SMILES string of the molecule is COc1ccc(NC(=O)/C=C(/c2ccccc2)C(F)(F)F)cn1. The molecule has 0 saturated heterocycles. The highest BCUT2D eigenvalue weighted by Crippen LogP contribution is 2.33. The van der Waals surface area contributed by atoms with E-state index in [1.165, 1.54) is 49.7 Å². The predicted molar refractivity (Wildman–Crippen MR) is 79.9 cm³/mol. The van der Waals surface area contributed by atoms with Gasteiger partial charge in [-0.3, -0.25) is 4.79 Å². The molecule has 2 aromatic rings. The molecular weight excluding hydrogens is 309 g/mol. The number of carbonyl (C=O) groups is 1. The number of hydrogen-bond acceptors (Lipinski definition) is 3. The average Bonchev–Trinajstić information content (AvgIpc) is 2.53. The van der Waals surface area contributed by atoms with Crippen molar-refractivity contribution in [2.45, 2.75) is 6.18 Å². The van der Waals surface area contributed by atoms with E-state index in [0.29, 0.717) is 12.0 Å². The van der Waals surface area contributed by atoms with Gasteiger partial charge in [0.1, 0.15) is 0 Å². The Balaban J connectivity index is 2.23. The van der Waals surface area contributed by atoms with Crippen LogP contribution >= 0.6 is 0 Å². The molecule has 0 spiro atoms. The molecule has 0 fully saturated rings. The van der Waals surface area contributed by atoms with Crippen molar-refractivity contribution in [3.8, 4) is 5.88 Å². The highest BCUT2D eigenvalue weighted by atomic mass is 19.4. The largest absolute Gasteiger partial charge is 0.481 e. The summed E-state index contributed by atoms with van der Waals surface area (Å²) in [7, 11) is 1.43. The monoisotopic (exact) mass is 322 g/mol. The molecule has 1 N–H and O–H groups in total. The lowest BCUT2D eigenvalue weighted by molar-refractivity contribution is -0.112. The third-order valence-electron chi connectivity index (χ3n) is 2.88. The molecule has 0 aliphatic heterocycles. The lowest BCUT2D eigenvalue weighted by atomic mass is 10.1. The van der Waals surface area contributed by atoms with Crippen molar-refractivity contribution >= 4 is 17.2 Å². The maximum Gasteiger partial charge on any atom is 0.417 e. The van der Waals surface area contributed by atoms with Gasteiger partial charge in [0, 0.05) is 12.1 Å². The number of ether oxygens (including phenoxy) is 1. The van der Waals surface area contributed by atoms with E-state index in [1.54, 1.807) is 6.07 Å². The van der Waals surface area contributed by atoms with Crippen molar-refractivity contribution in [1.82, 2.24) is 4.98 Å². The zero-order valence-corrected chi connectivity index (χ0v) is 12.1. The molecule has 0 radical (unpaired) electrons. The maximum atomic E-state index is 13.1. The molecule has 0 unspecified atom stereocenters. The Morgan fingerprint density at radius 3 is 2.39 bits per heavy atom. The Morgan fingerprint density at radius 1 is 1.17 bits per heavy atom. The third-order valence-corrected chi connectivity index (χ3v) is 2.88. The summed E-state index contributed by atoms with van der Waals surface area (Å²) in [4.78, 5) is 15.7. The van der Waals surface area contributed by atoms with E-state index < -0.39 is 17.7 Å². The Kier molecular flexibility index (Phi) is 5.00. The number of pyridine rings is 1. The molecule has 0 atom stereocenters. The second kappa shape index (κ2) is 6.95. The molecule has 0 saturated carbocycles. The van der Waals surface area contributed by atoms with Crippen LogP contribution in [0.1, 0.15) is 5.56 Å². The zero-order valence-electron chi connectivity index (χ0n) is 12.1. The fraction of sp³-hybridized carbons (Fsp3) is 0.125. The van der Waals surface area contributed by atoms with Crippen LogP contribution in [0.25, 0.3) is 5.57 Å². The van der Waals surface area contributed by atoms with E-state index in [1.807, 2.05) is 0 Å². The average molecular weight is 322 g/mol. The molecule has 1 aromatic heterocycles. The minimum Gasteiger partial charge on any atom is -0.481 e. The summed E-state index contributed by atoms with van der Waals surface area (Å²) in [5.74, 6) is -0.563. The van der Waals surface area contributed by atoms with Crippen LogP contribution in [0.15, 0.2) is 54.7 Å². The van der Waals surface area contributed by atoms with Gasteiger partial charge in [0.05, 0.1) is 24.6 Å². The van der Waals surface area contributed by atoms with Gasteiger partial charge in [-0.2, -0.15) is 13.2 Å². The first-order valence-corrected chi connectivity index (χ1v) is 6.55. The van der Waals surface area contributed by atoms with Crippen LogP contribution < -0.4 is 10.1 Å². The summed E-state index contributed by atoms with van der Waals surface area (Å²) >= 11 is 0. The fourth-order valence-electron chi connectivity index (χ4n) is 1.83. The van der Waals surface area contributed by atoms with Crippen molar-refractivity contribution in [2.75, 3.05) is 12.4 Å². The molecular formula is C16H13F3N2O2. The molecule has 0 aliphatic carbocycles. The molecule has 7 heteroatoms. The number of benzene rings is 1. The minimum atomic E-state index is -4.64. The van der Waals surface area contributed by atoms with Crippen molar-refractivity contribution < 1.29 is 22.7 Å². The number of nitrogens with one attached hydrogen (secondary N) is 1. The Morgan fingerprint density at radius 2 is 1.87 bits per heavy atom. The molecule has 0 aliphatic rings. The van der Waals surface area contributed by atoms with Gasteiger partial charge in [0.25, 0.3) is 0 Å². The number of halogens is 3. The zero-order chi connectivity index (χ0) is 16.9. The van der Waals surface area contributed by atoms with Gasteiger partial charge in [0.2, 0.25) is 11.8 Å². The Bertz CT molecular complexity index is 696. The number of rotatable bonds is 4. The lowest BCUT2D eigenvalue weighted by Crippen LogP contribution is -2.16. The van der Waals surface area contributed by atoms with Gasteiger partial charge in [-0.05, 0) is 11.6 Å². The third kappa shape index (κ3) is 4.57. The molecule has 4 nitrogen and oxygen atoms in total. The van der Waals surface area contributed by atoms with E-state index in [0.717, 1.165) is 0 Å². The number of aromatic nitrogens is 1. The van der Waals surface area contributed by atoms with Crippen molar-refractivity contribution in [3.63, 3.8) is 0 Å². The predicted octanol–water partition coefficient (Wildman–Crippen LogP) is 3.67. The van der Waals surface area contributed by atoms with Crippen LogP contribution in [0.2, 0.25) is 0 Å². The molecule has 1 aromatic carbocycles. The molecule has 0 bridgehead atoms. The highest BCUT2D eigenvalue weighted by Gasteiger charge is 2.35. The van der Waals surface area contributed by atoms with Crippen LogP contribution in [0.5, 0.6) is 5.88 Å². The first-order valence-electron chi connectivity index (χ1n) is 6.55. The summed E-state index contributed by atoms with van der Waals surface area (Å²) in [6.07, 6.45) is -2.82. The normalized spacial score (nSPS) is 11.9. The number of alkyl halides is 3. The van der Waals surface area contributed by atoms with Crippen LogP contribution in [0, 0.1) is 0 Å². The Labute approximate surface area is 130 Å². The summed E-state index contributed by atoms with van der Waals surface area (Å²) in [5, 5.41) is 2.33. The topological polar surface area (TPSA) is 51.2 Å². The van der Waals surface area contributed by atoms with Crippen molar-refractivity contribution in [1.29, 1.82) is 0 Å². The smallest absolute Gasteiger partial charge is 0.417 e. The molecule has 1 heterocycles. The van der Waals surface area contributed by atoms with Gasteiger partial charge in [-0.1, -0.05) is 30.3 Å². The van der Waals surface area contributed by atoms with Crippen LogP contribution in [-0.4, -0.2) is 24.2 Å². The van der Waals surface area contributed by atoms with Gasteiger partial charge in [-0.25, -0.2) is 4.98 Å². The van der Waals surface area contributed by atoms with Gasteiger partial charge in [0.15, 0.2) is 0 Å². The minimum absolute atomic E-state index is 0.0806. The van der Waals surface area contributed by atoms with E-state index >= 15 is 0 Å². The van der Waals surface area contributed by atoms with Gasteiger partial charge in [-0.15, -0.1) is 0 Å². The number of hydrogen-bond donors (Lipinski definition) is 1.